The van der Waals surface area contributed by atoms with Crippen molar-refractivity contribution in [3.05, 3.63) is 43.0 Å². The largest absolute Gasteiger partial charge is 0.427 e. The van der Waals surface area contributed by atoms with Crippen LogP contribution in [-0.2, 0) is 0 Å². The third-order valence-electron chi connectivity index (χ3n) is 2.10. The lowest BCUT2D eigenvalue weighted by Crippen LogP contribution is -2.39. The van der Waals surface area contributed by atoms with Gasteiger partial charge in [0.15, 0.2) is 0 Å². The Morgan fingerprint density at radius 3 is 2.76 bits per heavy atom. The molecule has 1 aromatic rings. The summed E-state index contributed by atoms with van der Waals surface area (Å²) in [7, 11) is 0. The molecule has 0 saturated heterocycles. The summed E-state index contributed by atoms with van der Waals surface area (Å²) in [5, 5.41) is 0. The minimum Gasteiger partial charge on any atom is -0.409 e. The molecule has 92 valence electrons. The van der Waals surface area contributed by atoms with Gasteiger partial charge in [0.1, 0.15) is 5.75 Å². The molecule has 0 radical (unpaired) electrons. The highest BCUT2D eigenvalue weighted by molar-refractivity contribution is 5.69. The van der Waals surface area contributed by atoms with E-state index in [1.165, 1.54) is 0 Å². The first-order valence-corrected chi connectivity index (χ1v) is 5.69. The summed E-state index contributed by atoms with van der Waals surface area (Å²) >= 11 is 0. The van der Waals surface area contributed by atoms with Gasteiger partial charge in [0.2, 0.25) is 0 Å². The molecule has 0 aromatic heterocycles. The normalized spacial score (nSPS) is 9.65. The van der Waals surface area contributed by atoms with E-state index in [1.807, 2.05) is 24.3 Å². The number of amides is 1. The summed E-state index contributed by atoms with van der Waals surface area (Å²) in [5.41, 5.74) is 5.28. The number of para-hydroxylation sites is 1. The maximum atomic E-state index is 11.3. The van der Waals surface area contributed by atoms with Crippen LogP contribution in [0.5, 0.6) is 5.75 Å². The lowest BCUT2D eigenvalue weighted by Gasteiger charge is -2.07. The minimum absolute atomic E-state index is 0.500. The number of ether oxygens (including phenoxy) is 1. The number of hydrogen-bond donors (Lipinski definition) is 2. The van der Waals surface area contributed by atoms with Crippen molar-refractivity contribution in [3.8, 4) is 5.75 Å². The van der Waals surface area contributed by atoms with E-state index in [-0.39, 0.29) is 0 Å². The maximum Gasteiger partial charge on any atom is 0.427 e. The lowest BCUT2D eigenvalue weighted by atomic mass is 10.2. The fraction of sp³-hybridized carbons (Fsp3) is 0.308. The Bertz CT molecular complexity index is 339. The first-order chi connectivity index (χ1) is 8.33. The molecule has 0 fully saturated rings. The quantitative estimate of drug-likeness (QED) is 0.433. The van der Waals surface area contributed by atoms with Gasteiger partial charge in [-0.25, -0.2) is 10.2 Å². The van der Waals surface area contributed by atoms with E-state index < -0.39 is 6.09 Å². The standard InChI is InChI=1S/C13H18N2O2/c1-2-3-4-8-11-14-15-13(16)17-12-9-6-5-7-10-12/h2,5-7,9-10,14H,1,3-4,8,11H2,(H,15,16). The highest BCUT2D eigenvalue weighted by atomic mass is 16.6. The van der Waals surface area contributed by atoms with Crippen LogP contribution in [0.1, 0.15) is 19.3 Å². The predicted octanol–water partition coefficient (Wildman–Crippen LogP) is 2.64. The number of allylic oxidation sites excluding steroid dienone is 1. The molecule has 1 aromatic carbocycles. The number of hydrogen-bond acceptors (Lipinski definition) is 3. The average Bonchev–Trinajstić information content (AvgIpc) is 2.35. The van der Waals surface area contributed by atoms with E-state index >= 15 is 0 Å². The minimum atomic E-state index is -0.500. The molecule has 0 heterocycles. The Kier molecular flexibility index (Phi) is 6.51. The molecule has 4 nitrogen and oxygen atoms in total. The molecular formula is C13H18N2O2. The number of carbonyl (C=O) groups excluding carboxylic acids is 1. The molecule has 2 N–H and O–H groups in total. The zero-order valence-corrected chi connectivity index (χ0v) is 9.82. The van der Waals surface area contributed by atoms with Crippen molar-refractivity contribution in [2.24, 2.45) is 0 Å². The molecule has 1 amide bonds. The molecule has 0 saturated carbocycles. The number of nitrogens with one attached hydrogen (secondary N) is 2. The van der Waals surface area contributed by atoms with Crippen LogP contribution >= 0.6 is 0 Å². The fourth-order valence-electron chi connectivity index (χ4n) is 1.26. The Labute approximate surface area is 102 Å². The third-order valence-corrected chi connectivity index (χ3v) is 2.10. The molecule has 17 heavy (non-hydrogen) atoms. The smallest absolute Gasteiger partial charge is 0.409 e. The number of carbonyl (C=O) groups is 1. The van der Waals surface area contributed by atoms with Crippen molar-refractivity contribution < 1.29 is 9.53 Å². The fourth-order valence-corrected chi connectivity index (χ4v) is 1.26. The number of hydrazine groups is 1. The van der Waals surface area contributed by atoms with Crippen LogP contribution in [-0.4, -0.2) is 12.6 Å². The van der Waals surface area contributed by atoms with Gasteiger partial charge < -0.3 is 4.74 Å². The molecule has 0 unspecified atom stereocenters. The number of rotatable bonds is 7. The topological polar surface area (TPSA) is 50.4 Å². The SMILES string of the molecule is C=CCCCCNNC(=O)Oc1ccccc1. The van der Waals surface area contributed by atoms with Gasteiger partial charge in [-0.3, -0.25) is 5.43 Å². The summed E-state index contributed by atoms with van der Waals surface area (Å²) in [4.78, 5) is 11.3. The van der Waals surface area contributed by atoms with Crippen LogP contribution in [0.4, 0.5) is 4.79 Å². The summed E-state index contributed by atoms with van der Waals surface area (Å²) < 4.78 is 5.01. The molecule has 0 aliphatic carbocycles. The van der Waals surface area contributed by atoms with Crippen molar-refractivity contribution in [1.82, 2.24) is 10.9 Å². The van der Waals surface area contributed by atoms with Crippen LogP contribution in [0.25, 0.3) is 0 Å². The lowest BCUT2D eigenvalue weighted by molar-refractivity contribution is 0.195. The summed E-state index contributed by atoms with van der Waals surface area (Å²) in [6.07, 6.45) is 4.43. The van der Waals surface area contributed by atoms with E-state index in [9.17, 15) is 4.79 Å². The zero-order valence-electron chi connectivity index (χ0n) is 9.82. The van der Waals surface area contributed by atoms with Crippen LogP contribution < -0.4 is 15.6 Å². The van der Waals surface area contributed by atoms with Crippen LogP contribution in [0, 0.1) is 0 Å². The Morgan fingerprint density at radius 2 is 2.06 bits per heavy atom. The Hall–Kier alpha value is -1.81. The summed E-state index contributed by atoms with van der Waals surface area (Å²) in [6, 6.07) is 8.94. The van der Waals surface area contributed by atoms with Crippen LogP contribution in [0.15, 0.2) is 43.0 Å². The van der Waals surface area contributed by atoms with Gasteiger partial charge in [-0.15, -0.1) is 6.58 Å². The van der Waals surface area contributed by atoms with Crippen LogP contribution in [0.3, 0.4) is 0 Å². The first-order valence-electron chi connectivity index (χ1n) is 5.69. The van der Waals surface area contributed by atoms with E-state index in [2.05, 4.69) is 17.4 Å². The molecule has 0 aliphatic heterocycles. The average molecular weight is 234 g/mol. The first kappa shape index (κ1) is 13.3. The molecule has 0 aliphatic rings. The molecule has 0 bridgehead atoms. The van der Waals surface area contributed by atoms with E-state index in [4.69, 9.17) is 4.74 Å². The monoisotopic (exact) mass is 234 g/mol. The maximum absolute atomic E-state index is 11.3. The second-order valence-electron chi connectivity index (χ2n) is 3.54. The number of unbranched alkanes of at least 4 members (excludes halogenated alkanes) is 2. The van der Waals surface area contributed by atoms with Gasteiger partial charge in [-0.1, -0.05) is 24.3 Å². The van der Waals surface area contributed by atoms with Crippen LogP contribution in [0.2, 0.25) is 0 Å². The van der Waals surface area contributed by atoms with Crippen molar-refractivity contribution in [2.75, 3.05) is 6.54 Å². The van der Waals surface area contributed by atoms with Gasteiger partial charge in [0.05, 0.1) is 0 Å². The van der Waals surface area contributed by atoms with Gasteiger partial charge in [0.25, 0.3) is 0 Å². The highest BCUT2D eigenvalue weighted by Gasteiger charge is 2.01. The van der Waals surface area contributed by atoms with Gasteiger partial charge in [0, 0.05) is 6.54 Å². The highest BCUT2D eigenvalue weighted by Crippen LogP contribution is 2.07. The Balaban J connectivity index is 2.07. The van der Waals surface area contributed by atoms with Crippen molar-refractivity contribution >= 4 is 6.09 Å². The third kappa shape index (κ3) is 6.37. The summed E-state index contributed by atoms with van der Waals surface area (Å²) in [6.45, 7) is 4.36. The molecule has 0 spiro atoms. The molecule has 1 rings (SSSR count). The van der Waals surface area contributed by atoms with E-state index in [0.29, 0.717) is 5.75 Å². The second-order valence-corrected chi connectivity index (χ2v) is 3.54. The van der Waals surface area contributed by atoms with Gasteiger partial charge in [-0.05, 0) is 31.4 Å². The van der Waals surface area contributed by atoms with Gasteiger partial charge in [-0.2, -0.15) is 0 Å². The molecule has 0 atom stereocenters. The predicted molar refractivity (Wildman–Crippen MR) is 67.7 cm³/mol. The molecule has 4 heteroatoms. The summed E-state index contributed by atoms with van der Waals surface area (Å²) in [5.74, 6) is 0.526. The zero-order chi connectivity index (χ0) is 12.3. The Morgan fingerprint density at radius 1 is 1.29 bits per heavy atom. The van der Waals surface area contributed by atoms with E-state index in [0.717, 1.165) is 25.8 Å². The van der Waals surface area contributed by atoms with E-state index in [1.54, 1.807) is 12.1 Å². The van der Waals surface area contributed by atoms with Crippen molar-refractivity contribution in [2.45, 2.75) is 19.3 Å². The van der Waals surface area contributed by atoms with Crippen molar-refractivity contribution in [1.29, 1.82) is 0 Å². The van der Waals surface area contributed by atoms with Gasteiger partial charge >= 0.3 is 6.09 Å². The molecular weight excluding hydrogens is 216 g/mol. The van der Waals surface area contributed by atoms with Crippen molar-refractivity contribution in [3.63, 3.8) is 0 Å². The second kappa shape index (κ2) is 8.35. The number of benzene rings is 1.